The summed E-state index contributed by atoms with van der Waals surface area (Å²) in [5.41, 5.74) is 5.71. The first-order valence-corrected chi connectivity index (χ1v) is 30.0. The van der Waals surface area contributed by atoms with E-state index in [1.807, 2.05) is 53.7 Å². The maximum atomic E-state index is 14.1. The summed E-state index contributed by atoms with van der Waals surface area (Å²) in [6.07, 6.45) is 2.44. The highest BCUT2D eigenvalue weighted by Crippen LogP contribution is 2.20. The summed E-state index contributed by atoms with van der Waals surface area (Å²) >= 11 is 0. The van der Waals surface area contributed by atoms with Gasteiger partial charge < -0.3 is 60.5 Å². The van der Waals surface area contributed by atoms with Crippen molar-refractivity contribution in [3.05, 3.63) is 81.7 Å². The van der Waals surface area contributed by atoms with E-state index in [9.17, 15) is 43.5 Å². The van der Waals surface area contributed by atoms with Gasteiger partial charge in [-0.15, -0.1) is 0 Å². The van der Waals surface area contributed by atoms with Crippen molar-refractivity contribution in [2.75, 3.05) is 103 Å². The van der Waals surface area contributed by atoms with Gasteiger partial charge in [-0.1, -0.05) is 6.07 Å². The quantitative estimate of drug-likeness (QED) is 0.0210. The number of esters is 3. The zero-order valence-electron chi connectivity index (χ0n) is 52.9. The molecule has 0 saturated carbocycles. The zero-order valence-corrected chi connectivity index (χ0v) is 52.9. The second-order valence-electron chi connectivity index (χ2n) is 24.4. The number of H-pyrrole nitrogens is 1. The van der Waals surface area contributed by atoms with E-state index in [-0.39, 0.29) is 92.3 Å². The molecule has 3 amide bonds. The van der Waals surface area contributed by atoms with Crippen molar-refractivity contribution >= 4 is 64.4 Å². The molecule has 2 atom stereocenters. The highest BCUT2D eigenvalue weighted by molar-refractivity contribution is 5.97. The molecule has 1 aliphatic heterocycles. The van der Waals surface area contributed by atoms with Crippen LogP contribution in [0.2, 0.25) is 0 Å². The Morgan fingerprint density at radius 1 is 0.663 bits per heavy atom. The predicted octanol–water partition coefficient (Wildman–Crippen LogP) is 3.12. The smallest absolute Gasteiger partial charge is 0.326 e. The standard InChI is InChI=1S/C61H91N13O15/c1-59(2,3)87-50(77)39-72-25-26-73(40-51(78)88-60(4,5)6)37-43-13-10-14-44(67-43)38-74(28-27-72)47(57(83)89-61(7,8)9)20-22-49(76)64-24-12-30-85-32-34-86-33-31-84-29-11-23-63-48(75)21-19-46(56(81)82)69-54(79)41-15-17-42(18-16-41)65-35-45-36-66-53-52(68-45)55(80)71-58(62)70-53/h10,13-18,36,46-47,65H,11-12,19-35,37-40H2,1-9H3,(H,63,75)(H,64,76)(H,69,79)(H,81,82)(H3,62,66,70,71,80)/t46-,47?/m0/s1. The van der Waals surface area contributed by atoms with Crippen molar-refractivity contribution in [2.45, 2.75) is 149 Å². The lowest BCUT2D eigenvalue weighted by Gasteiger charge is -2.35. The van der Waals surface area contributed by atoms with Gasteiger partial charge in [0.1, 0.15) is 28.9 Å². The van der Waals surface area contributed by atoms with Crippen molar-refractivity contribution < 1.29 is 67.1 Å². The molecule has 0 saturated heterocycles. The molecule has 4 heterocycles. The number of carboxylic acid groups (broad SMARTS) is 1. The highest BCUT2D eigenvalue weighted by Gasteiger charge is 2.33. The van der Waals surface area contributed by atoms with Crippen LogP contribution in [0.1, 0.15) is 128 Å². The first kappa shape index (κ1) is 72.0. The van der Waals surface area contributed by atoms with E-state index in [2.05, 4.69) is 41.2 Å². The molecule has 1 unspecified atom stereocenters. The number of ether oxygens (including phenoxy) is 6. The Morgan fingerprint density at radius 3 is 1.79 bits per heavy atom. The lowest BCUT2D eigenvalue weighted by atomic mass is 10.1. The van der Waals surface area contributed by atoms with Crippen LogP contribution in [0.15, 0.2) is 53.5 Å². The lowest BCUT2D eigenvalue weighted by molar-refractivity contribution is -0.163. The first-order chi connectivity index (χ1) is 42.1. The van der Waals surface area contributed by atoms with E-state index in [4.69, 9.17) is 39.1 Å². The van der Waals surface area contributed by atoms with E-state index in [0.29, 0.717) is 121 Å². The normalized spacial score (nSPS) is 14.5. The summed E-state index contributed by atoms with van der Waals surface area (Å²) in [6.45, 7) is 21.1. The first-order valence-electron chi connectivity index (χ1n) is 30.0. The number of aromatic amines is 1. The third-order valence-corrected chi connectivity index (χ3v) is 13.1. The van der Waals surface area contributed by atoms with Crippen LogP contribution in [0.4, 0.5) is 11.6 Å². The number of carboxylic acids is 1. The Labute approximate surface area is 519 Å². The van der Waals surface area contributed by atoms with Gasteiger partial charge >= 0.3 is 23.9 Å². The second kappa shape index (κ2) is 35.4. The highest BCUT2D eigenvalue weighted by atomic mass is 16.6. The predicted molar refractivity (Wildman–Crippen MR) is 329 cm³/mol. The lowest BCUT2D eigenvalue weighted by Crippen LogP contribution is -2.49. The Balaban J connectivity index is 0.952. The van der Waals surface area contributed by atoms with Crippen molar-refractivity contribution in [3.63, 3.8) is 0 Å². The number of amides is 3. The number of carbonyl (C=O) groups is 7. The fourth-order valence-electron chi connectivity index (χ4n) is 9.01. The fourth-order valence-corrected chi connectivity index (χ4v) is 9.01. The summed E-state index contributed by atoms with van der Waals surface area (Å²) in [4.78, 5) is 129. The number of nitrogen functional groups attached to an aromatic ring is 1. The third-order valence-electron chi connectivity index (χ3n) is 13.1. The van der Waals surface area contributed by atoms with E-state index in [0.717, 1.165) is 0 Å². The van der Waals surface area contributed by atoms with Crippen LogP contribution in [0.3, 0.4) is 0 Å². The number of nitrogens with two attached hydrogens (primary N) is 1. The molecule has 28 nitrogen and oxygen atoms in total. The number of nitrogens with zero attached hydrogens (tertiary/aromatic N) is 7. The Morgan fingerprint density at radius 2 is 1.20 bits per heavy atom. The number of rotatable bonds is 32. The maximum absolute atomic E-state index is 14.1. The molecule has 490 valence electrons. The largest absolute Gasteiger partial charge is 0.480 e. The van der Waals surface area contributed by atoms with Crippen molar-refractivity contribution in [2.24, 2.45) is 0 Å². The van der Waals surface area contributed by atoms with Crippen LogP contribution >= 0.6 is 0 Å². The molecule has 0 radical (unpaired) electrons. The molecule has 0 spiro atoms. The van der Waals surface area contributed by atoms with Crippen LogP contribution in [-0.4, -0.2) is 207 Å². The van der Waals surface area contributed by atoms with Crippen molar-refractivity contribution in [1.82, 2.24) is 55.6 Å². The molecule has 28 heteroatoms. The van der Waals surface area contributed by atoms with Crippen LogP contribution < -0.4 is 32.6 Å². The molecular formula is C61H91N13O15. The number of anilines is 2. The molecule has 1 aromatic carbocycles. The van der Waals surface area contributed by atoms with E-state index >= 15 is 0 Å². The maximum Gasteiger partial charge on any atom is 0.326 e. The number of benzene rings is 1. The summed E-state index contributed by atoms with van der Waals surface area (Å²) in [6, 6.07) is 9.78. The molecule has 1 aliphatic rings. The summed E-state index contributed by atoms with van der Waals surface area (Å²) in [5.74, 6) is -3.85. The van der Waals surface area contributed by atoms with E-state index in [1.165, 1.54) is 18.3 Å². The molecular weight excluding hydrogens is 1150 g/mol. The number of aliphatic carboxylic acids is 1. The van der Waals surface area contributed by atoms with Crippen LogP contribution in [0.25, 0.3) is 11.2 Å². The van der Waals surface area contributed by atoms with Gasteiger partial charge in [-0.05, 0) is 124 Å². The van der Waals surface area contributed by atoms with Crippen LogP contribution in [-0.2, 0) is 76.8 Å². The summed E-state index contributed by atoms with van der Waals surface area (Å²) < 4.78 is 34.2. The Hall–Kier alpha value is -7.76. The third kappa shape index (κ3) is 28.5. The van der Waals surface area contributed by atoms with E-state index < -0.39 is 58.3 Å². The molecule has 4 aromatic rings. The zero-order chi connectivity index (χ0) is 65.2. The minimum absolute atomic E-state index is 0.0186. The van der Waals surface area contributed by atoms with Crippen LogP contribution in [0.5, 0.6) is 0 Å². The molecule has 8 N–H and O–H groups in total. The number of hydrogen-bond acceptors (Lipinski definition) is 23. The minimum Gasteiger partial charge on any atom is -0.480 e. The number of hydrogen-bond donors (Lipinski definition) is 7. The molecule has 2 bridgehead atoms. The molecule has 3 aromatic heterocycles. The monoisotopic (exact) mass is 1250 g/mol. The van der Waals surface area contributed by atoms with Crippen LogP contribution in [0, 0.1) is 0 Å². The average molecular weight is 1250 g/mol. The van der Waals surface area contributed by atoms with Gasteiger partial charge in [0.05, 0.1) is 69.3 Å². The molecule has 0 fully saturated rings. The second-order valence-corrected chi connectivity index (χ2v) is 24.4. The van der Waals surface area contributed by atoms with Crippen molar-refractivity contribution in [3.8, 4) is 0 Å². The Kier molecular flexibility index (Phi) is 28.7. The summed E-state index contributed by atoms with van der Waals surface area (Å²) in [7, 11) is 0. The number of pyridine rings is 1. The number of carbonyl (C=O) groups excluding carboxylic acids is 6. The molecule has 89 heavy (non-hydrogen) atoms. The number of aromatic nitrogens is 5. The molecule has 5 rings (SSSR count). The van der Waals surface area contributed by atoms with Gasteiger partial charge in [0.2, 0.25) is 17.8 Å². The number of fused-ring (bicyclic) bond motifs is 3. The summed E-state index contributed by atoms with van der Waals surface area (Å²) in [5, 5.41) is 21.0. The fraction of sp³-hybridized carbons (Fsp3) is 0.607. The SMILES string of the molecule is CC(C)(C)OC(=O)CN1CCN(CC(=O)OC(C)(C)C)Cc2cccc(n2)CN(C(CCC(=O)NCCCOCCOCCOCCCNC(=O)CC[C@H](NC(=O)c2ccc(NCc3cnc4nc(N)[nH]c(=O)c4n3)cc2)C(=O)O)C(=O)OC(C)(C)C)CC1. The van der Waals surface area contributed by atoms with Gasteiger partial charge in [0, 0.05) is 89.7 Å². The Bertz CT molecular complexity index is 3020. The minimum atomic E-state index is -1.30. The van der Waals surface area contributed by atoms with Gasteiger partial charge in [-0.25, -0.2) is 14.8 Å². The molecule has 0 aliphatic carbocycles. The average Bonchev–Trinajstić information content (AvgIpc) is 3.62. The van der Waals surface area contributed by atoms with Gasteiger partial charge in [-0.2, -0.15) is 4.98 Å². The van der Waals surface area contributed by atoms with Gasteiger partial charge in [0.15, 0.2) is 11.2 Å². The van der Waals surface area contributed by atoms with Gasteiger partial charge in [-0.3, -0.25) is 58.2 Å². The van der Waals surface area contributed by atoms with E-state index in [1.54, 1.807) is 53.7 Å². The van der Waals surface area contributed by atoms with Crippen molar-refractivity contribution in [1.29, 1.82) is 0 Å². The van der Waals surface area contributed by atoms with Gasteiger partial charge in [0.25, 0.3) is 11.5 Å². The number of nitrogens with one attached hydrogen (secondary N) is 5. The topological polar surface area (TPSA) is 363 Å².